The summed E-state index contributed by atoms with van der Waals surface area (Å²) in [4.78, 5) is 16.5. The molecule has 1 amide bonds. The molecule has 0 aliphatic heterocycles. The highest BCUT2D eigenvalue weighted by molar-refractivity contribution is 7.99. The van der Waals surface area contributed by atoms with Gasteiger partial charge in [-0.15, -0.1) is 11.8 Å². The largest absolute Gasteiger partial charge is 0.325 e. The molecule has 23 heavy (non-hydrogen) atoms. The number of nitrogens with zero attached hydrogens (tertiary/aromatic N) is 1. The molecule has 3 rings (SSSR count). The zero-order chi connectivity index (χ0) is 16.1. The lowest BCUT2D eigenvalue weighted by Crippen LogP contribution is -2.12. The van der Waals surface area contributed by atoms with Gasteiger partial charge in [-0.05, 0) is 24.3 Å². The predicted molar refractivity (Wildman–Crippen MR) is 97.2 cm³/mol. The third-order valence-corrected chi connectivity index (χ3v) is 4.56. The second-order valence-corrected chi connectivity index (χ2v) is 6.49. The lowest BCUT2D eigenvalue weighted by atomic mass is 10.2. The number of hydrogen-bond acceptors (Lipinski definition) is 3. The van der Waals surface area contributed by atoms with Crippen LogP contribution in [-0.4, -0.2) is 16.6 Å². The Labute approximate surface area is 144 Å². The van der Waals surface area contributed by atoms with Crippen LogP contribution in [0.5, 0.6) is 0 Å². The molecule has 2 aromatic carbocycles. The molecule has 0 saturated heterocycles. The normalized spacial score (nSPS) is 10.7. The molecule has 5 heteroatoms. The predicted octanol–water partition coefficient (Wildman–Crippen LogP) is 5.01. The van der Waals surface area contributed by atoms with E-state index < -0.39 is 0 Å². The van der Waals surface area contributed by atoms with Gasteiger partial charge in [0, 0.05) is 17.6 Å². The van der Waals surface area contributed by atoms with Crippen LogP contribution in [0.3, 0.4) is 0 Å². The Bertz CT molecular complexity index is 838. The molecule has 0 aliphatic carbocycles. The number of aromatic nitrogens is 1. The minimum Gasteiger partial charge on any atom is -0.325 e. The van der Waals surface area contributed by atoms with Crippen molar-refractivity contribution in [3.05, 3.63) is 65.7 Å². The van der Waals surface area contributed by atoms with E-state index in [9.17, 15) is 4.79 Å². The Hall–Kier alpha value is -2.04. The van der Waals surface area contributed by atoms with Gasteiger partial charge in [0.15, 0.2) is 0 Å². The van der Waals surface area contributed by atoms with E-state index in [0.29, 0.717) is 22.9 Å². The van der Waals surface area contributed by atoms with Gasteiger partial charge >= 0.3 is 0 Å². The van der Waals surface area contributed by atoms with Gasteiger partial charge in [-0.2, -0.15) is 0 Å². The van der Waals surface area contributed by atoms with Gasteiger partial charge < -0.3 is 5.32 Å². The molecule has 1 heterocycles. The number of fused-ring (bicyclic) bond motifs is 1. The summed E-state index contributed by atoms with van der Waals surface area (Å²) in [6.45, 7) is 0. The number of carbonyl (C=O) groups excluding carboxylic acids is 1. The zero-order valence-electron chi connectivity index (χ0n) is 12.3. The Kier molecular flexibility index (Phi) is 5.16. The van der Waals surface area contributed by atoms with Crippen molar-refractivity contribution in [2.45, 2.75) is 11.4 Å². The fourth-order valence-electron chi connectivity index (χ4n) is 2.15. The summed E-state index contributed by atoms with van der Waals surface area (Å²) in [7, 11) is 0. The van der Waals surface area contributed by atoms with Crippen LogP contribution in [-0.2, 0) is 4.79 Å². The molecule has 0 unspecified atom stereocenters. The maximum Gasteiger partial charge on any atom is 0.225 e. The zero-order valence-corrected chi connectivity index (χ0v) is 13.9. The third-order valence-electron chi connectivity index (χ3n) is 3.30. The lowest BCUT2D eigenvalue weighted by Gasteiger charge is -2.07. The highest BCUT2D eigenvalue weighted by Gasteiger charge is 2.06. The summed E-state index contributed by atoms with van der Waals surface area (Å²) < 4.78 is 0. The van der Waals surface area contributed by atoms with E-state index in [0.717, 1.165) is 15.9 Å². The van der Waals surface area contributed by atoms with Crippen molar-refractivity contribution in [3.8, 4) is 0 Å². The molecule has 1 aromatic heterocycles. The number of benzene rings is 2. The van der Waals surface area contributed by atoms with Crippen LogP contribution in [0, 0.1) is 0 Å². The van der Waals surface area contributed by atoms with E-state index >= 15 is 0 Å². The van der Waals surface area contributed by atoms with Crippen molar-refractivity contribution >= 4 is 45.9 Å². The number of thioether (sulfide) groups is 1. The number of amides is 1. The van der Waals surface area contributed by atoms with Crippen LogP contribution in [0.15, 0.2) is 65.7 Å². The summed E-state index contributed by atoms with van der Waals surface area (Å²) in [6.07, 6.45) is 0.407. The van der Waals surface area contributed by atoms with Gasteiger partial charge in [0.05, 0.1) is 21.3 Å². The van der Waals surface area contributed by atoms with E-state index in [4.69, 9.17) is 11.6 Å². The van der Waals surface area contributed by atoms with Gasteiger partial charge in [-0.3, -0.25) is 4.79 Å². The summed E-state index contributed by atoms with van der Waals surface area (Å²) in [5.74, 6) is 0.619. The summed E-state index contributed by atoms with van der Waals surface area (Å²) in [6, 6.07) is 19.2. The van der Waals surface area contributed by atoms with Crippen molar-refractivity contribution in [1.82, 2.24) is 4.98 Å². The van der Waals surface area contributed by atoms with E-state index in [1.54, 1.807) is 23.9 Å². The minimum atomic E-state index is -0.0496. The molecule has 0 atom stereocenters. The van der Waals surface area contributed by atoms with E-state index in [-0.39, 0.29) is 5.91 Å². The first-order chi connectivity index (χ1) is 11.2. The molecule has 0 radical (unpaired) electrons. The van der Waals surface area contributed by atoms with E-state index in [1.807, 2.05) is 42.5 Å². The van der Waals surface area contributed by atoms with Crippen LogP contribution in [0.2, 0.25) is 5.02 Å². The third kappa shape index (κ3) is 4.24. The average Bonchev–Trinajstić information content (AvgIpc) is 2.57. The number of halogens is 1. The van der Waals surface area contributed by atoms with Crippen LogP contribution >= 0.6 is 23.4 Å². The van der Waals surface area contributed by atoms with Gasteiger partial charge in [-0.1, -0.05) is 48.0 Å². The van der Waals surface area contributed by atoms with Crippen molar-refractivity contribution in [1.29, 1.82) is 0 Å². The molecule has 0 aliphatic rings. The summed E-state index contributed by atoms with van der Waals surface area (Å²) in [5, 5.41) is 5.41. The SMILES string of the molecule is O=C(CCSc1ccc2ccccc2n1)Nc1ccccc1Cl. The Morgan fingerprint density at radius 2 is 1.83 bits per heavy atom. The fraction of sp³-hybridized carbons (Fsp3) is 0.111. The highest BCUT2D eigenvalue weighted by Crippen LogP contribution is 2.22. The number of pyridine rings is 1. The number of rotatable bonds is 5. The molecule has 0 fully saturated rings. The van der Waals surface area contributed by atoms with Crippen molar-refractivity contribution in [3.63, 3.8) is 0 Å². The highest BCUT2D eigenvalue weighted by atomic mass is 35.5. The molecule has 116 valence electrons. The Morgan fingerprint density at radius 3 is 2.70 bits per heavy atom. The maximum absolute atomic E-state index is 12.0. The monoisotopic (exact) mass is 342 g/mol. The second-order valence-electron chi connectivity index (χ2n) is 4.97. The van der Waals surface area contributed by atoms with E-state index in [1.165, 1.54) is 0 Å². The number of para-hydroxylation sites is 2. The van der Waals surface area contributed by atoms with Crippen LogP contribution in [0.1, 0.15) is 6.42 Å². The molecular formula is C18H15ClN2OS. The number of nitrogens with one attached hydrogen (secondary N) is 1. The van der Waals surface area contributed by atoms with Crippen LogP contribution in [0.25, 0.3) is 10.9 Å². The second kappa shape index (κ2) is 7.49. The topological polar surface area (TPSA) is 42.0 Å². The van der Waals surface area contributed by atoms with Gasteiger partial charge in [-0.25, -0.2) is 4.98 Å². The van der Waals surface area contributed by atoms with Crippen molar-refractivity contribution in [2.24, 2.45) is 0 Å². The first-order valence-corrected chi connectivity index (χ1v) is 8.62. The van der Waals surface area contributed by atoms with E-state index in [2.05, 4.69) is 16.4 Å². The molecule has 3 nitrogen and oxygen atoms in total. The standard InChI is InChI=1S/C18H15ClN2OS/c19-14-6-2-4-8-16(14)20-17(22)11-12-23-18-10-9-13-5-1-3-7-15(13)21-18/h1-10H,11-12H2,(H,20,22). The molecule has 1 N–H and O–H groups in total. The smallest absolute Gasteiger partial charge is 0.225 e. The molecule has 0 bridgehead atoms. The summed E-state index contributed by atoms with van der Waals surface area (Å²) >= 11 is 7.60. The number of hydrogen-bond donors (Lipinski definition) is 1. The number of anilines is 1. The summed E-state index contributed by atoms with van der Waals surface area (Å²) in [5.41, 5.74) is 1.62. The van der Waals surface area contributed by atoms with Crippen LogP contribution < -0.4 is 5.32 Å². The quantitative estimate of drug-likeness (QED) is 0.663. The Balaban J connectivity index is 1.54. The van der Waals surface area contributed by atoms with Gasteiger partial charge in [0.2, 0.25) is 5.91 Å². The van der Waals surface area contributed by atoms with Crippen LogP contribution in [0.4, 0.5) is 5.69 Å². The fourth-order valence-corrected chi connectivity index (χ4v) is 3.16. The maximum atomic E-state index is 12.0. The lowest BCUT2D eigenvalue weighted by molar-refractivity contribution is -0.115. The van der Waals surface area contributed by atoms with Crippen molar-refractivity contribution in [2.75, 3.05) is 11.1 Å². The number of carbonyl (C=O) groups is 1. The first kappa shape index (κ1) is 15.8. The molecule has 0 spiro atoms. The molecule has 3 aromatic rings. The Morgan fingerprint density at radius 1 is 1.04 bits per heavy atom. The average molecular weight is 343 g/mol. The van der Waals surface area contributed by atoms with Gasteiger partial charge in [0.1, 0.15) is 0 Å². The van der Waals surface area contributed by atoms with Crippen molar-refractivity contribution < 1.29 is 4.79 Å². The molecular weight excluding hydrogens is 328 g/mol. The minimum absolute atomic E-state index is 0.0496. The first-order valence-electron chi connectivity index (χ1n) is 7.25. The van der Waals surface area contributed by atoms with Gasteiger partial charge in [0.25, 0.3) is 0 Å². The molecule has 0 saturated carbocycles.